The van der Waals surface area contributed by atoms with Gasteiger partial charge in [0.05, 0.1) is 28.0 Å². The number of nitrogens with zero attached hydrogens (tertiary/aromatic N) is 7. The zero-order valence-corrected chi connectivity index (χ0v) is 32.3. The second kappa shape index (κ2) is 14.0. The molecule has 57 heavy (non-hydrogen) atoms. The van der Waals surface area contributed by atoms with Crippen LogP contribution in [-0.2, 0) is 22.1 Å². The number of carbonyl (C=O) groups excluding carboxylic acids is 3. The van der Waals surface area contributed by atoms with E-state index in [1.54, 1.807) is 17.8 Å². The van der Waals surface area contributed by atoms with E-state index in [0.29, 0.717) is 30.3 Å². The lowest BCUT2D eigenvalue weighted by Crippen LogP contribution is -2.53. The Morgan fingerprint density at radius 1 is 0.789 bits per heavy atom. The Balaban J connectivity index is 0.756. The van der Waals surface area contributed by atoms with Crippen molar-refractivity contribution in [2.24, 2.45) is 7.05 Å². The molecule has 14 nitrogen and oxygen atoms in total. The van der Waals surface area contributed by atoms with Crippen LogP contribution in [0.15, 0.2) is 65.6 Å². The molecule has 1 spiro atoms. The quantitative estimate of drug-likeness (QED) is 0.217. The highest BCUT2D eigenvalue weighted by molar-refractivity contribution is 6.00. The number of hydrogen-bond donors (Lipinski definition) is 3. The molecule has 0 bridgehead atoms. The number of rotatable bonds is 6. The van der Waals surface area contributed by atoms with Crippen LogP contribution in [-0.4, -0.2) is 98.6 Å². The molecule has 0 radical (unpaired) electrons. The van der Waals surface area contributed by atoms with E-state index in [4.69, 9.17) is 4.98 Å². The van der Waals surface area contributed by atoms with Gasteiger partial charge in [-0.15, -0.1) is 0 Å². The van der Waals surface area contributed by atoms with Gasteiger partial charge in [-0.2, -0.15) is 0 Å². The molecule has 4 aliphatic heterocycles. The largest absolute Gasteiger partial charge is 0.371 e. The fourth-order valence-electron chi connectivity index (χ4n) is 10.2. The number of aromatic nitrogens is 5. The van der Waals surface area contributed by atoms with Gasteiger partial charge in [-0.1, -0.05) is 12.8 Å². The van der Waals surface area contributed by atoms with Crippen LogP contribution >= 0.6 is 0 Å². The Morgan fingerprint density at radius 2 is 1.53 bits per heavy atom. The number of imidazole rings is 1. The summed E-state index contributed by atoms with van der Waals surface area (Å²) < 4.78 is 3.15. The average Bonchev–Trinajstić information content (AvgIpc) is 3.98. The molecule has 294 valence electrons. The van der Waals surface area contributed by atoms with Crippen LogP contribution in [0, 0.1) is 0 Å². The first-order valence-electron chi connectivity index (χ1n) is 20.5. The first-order chi connectivity index (χ1) is 27.7. The van der Waals surface area contributed by atoms with Crippen molar-refractivity contribution in [3.05, 3.63) is 82.5 Å². The fourth-order valence-corrected chi connectivity index (χ4v) is 10.2. The first-order valence-corrected chi connectivity index (χ1v) is 20.5. The minimum absolute atomic E-state index is 0.00926. The zero-order chi connectivity index (χ0) is 38.8. The summed E-state index contributed by atoms with van der Waals surface area (Å²) in [5.74, 6) is -0.0542. The van der Waals surface area contributed by atoms with Crippen LogP contribution in [0.1, 0.15) is 73.5 Å². The molecule has 14 heteroatoms. The van der Waals surface area contributed by atoms with E-state index in [9.17, 15) is 19.2 Å². The highest BCUT2D eigenvalue weighted by atomic mass is 16.2. The number of piperidine rings is 2. The standard InChI is InChI=1S/C43H48N10O4/c1-49-36-24-30(8-9-34(36)53(42(49)57)35-10-11-37(54)48-41(35)56)50-18-13-29(14-19-50)52-22-20-51(21-23-52)28-6-4-27(5-7-28)39-44-17-12-32(47-39)33-25-31-38(46-33)43(15-2-3-16-43)26-45-40(31)55/h4-9,12,17,24-25,29,35,46H,2-3,10-11,13-16,18-23,26H2,1H3,(H,45,55)(H,48,54,56). The van der Waals surface area contributed by atoms with E-state index in [1.165, 1.54) is 23.1 Å². The van der Waals surface area contributed by atoms with E-state index in [0.717, 1.165) is 104 Å². The highest BCUT2D eigenvalue weighted by Gasteiger charge is 2.43. The van der Waals surface area contributed by atoms with Gasteiger partial charge in [0.2, 0.25) is 11.8 Å². The summed E-state index contributed by atoms with van der Waals surface area (Å²) in [6.45, 7) is 6.53. The Labute approximate surface area is 330 Å². The predicted molar refractivity (Wildman–Crippen MR) is 217 cm³/mol. The molecule has 5 aromatic rings. The van der Waals surface area contributed by atoms with E-state index >= 15 is 0 Å². The number of hydrogen-bond acceptors (Lipinski definition) is 9. The molecule has 4 fully saturated rings. The number of H-pyrrole nitrogens is 1. The van der Waals surface area contributed by atoms with Gasteiger partial charge in [-0.3, -0.25) is 33.7 Å². The summed E-state index contributed by atoms with van der Waals surface area (Å²) in [5.41, 5.74) is 7.97. The van der Waals surface area contributed by atoms with Crippen LogP contribution in [0.25, 0.3) is 33.8 Å². The minimum atomic E-state index is -0.684. The van der Waals surface area contributed by atoms with Gasteiger partial charge in [-0.05, 0) is 86.7 Å². The maximum absolute atomic E-state index is 13.3. The molecule has 1 unspecified atom stereocenters. The summed E-state index contributed by atoms with van der Waals surface area (Å²) >= 11 is 0. The van der Waals surface area contributed by atoms with Gasteiger partial charge >= 0.3 is 5.69 Å². The predicted octanol–water partition coefficient (Wildman–Crippen LogP) is 4.12. The van der Waals surface area contributed by atoms with Crippen LogP contribution in [0.5, 0.6) is 0 Å². The van der Waals surface area contributed by atoms with Crippen molar-refractivity contribution in [2.45, 2.75) is 68.9 Å². The Bertz CT molecular complexity index is 2440. The number of benzene rings is 2. The van der Waals surface area contributed by atoms with Crippen molar-refractivity contribution in [2.75, 3.05) is 55.6 Å². The second-order valence-corrected chi connectivity index (χ2v) is 16.5. The minimum Gasteiger partial charge on any atom is -0.371 e. The van der Waals surface area contributed by atoms with E-state index < -0.39 is 11.9 Å². The SMILES string of the molecule is Cn1c(=O)n(C2CCC(=O)NC2=O)c2ccc(N3CCC(N4CCN(c5ccc(-c6nccc(-c7cc8c([nH]7)C7(CCCC7)CNC8=O)n6)cc5)CC4)CC3)cc21. The van der Waals surface area contributed by atoms with Gasteiger partial charge in [-0.25, -0.2) is 14.8 Å². The number of nitrogens with one attached hydrogen (secondary N) is 3. The number of carbonyl (C=O) groups is 3. The summed E-state index contributed by atoms with van der Waals surface area (Å²) in [6, 6.07) is 18.3. The maximum Gasteiger partial charge on any atom is 0.329 e. The molecule has 3 aromatic heterocycles. The molecule has 3 N–H and O–H groups in total. The van der Waals surface area contributed by atoms with E-state index in [2.05, 4.69) is 71.7 Å². The monoisotopic (exact) mass is 768 g/mol. The molecule has 10 rings (SSSR count). The Kier molecular flexibility index (Phi) is 8.76. The van der Waals surface area contributed by atoms with Crippen LogP contribution in [0.4, 0.5) is 11.4 Å². The van der Waals surface area contributed by atoms with Gasteiger partial charge in [0.25, 0.3) is 5.91 Å². The summed E-state index contributed by atoms with van der Waals surface area (Å²) in [4.78, 5) is 71.0. The fraction of sp³-hybridized carbons (Fsp3) is 0.442. The highest BCUT2D eigenvalue weighted by Crippen LogP contribution is 2.44. The molecule has 7 heterocycles. The average molecular weight is 769 g/mol. The van der Waals surface area contributed by atoms with Gasteiger partial charge in [0.1, 0.15) is 6.04 Å². The van der Waals surface area contributed by atoms with Gasteiger partial charge < -0.3 is 20.1 Å². The van der Waals surface area contributed by atoms with Crippen molar-refractivity contribution < 1.29 is 14.4 Å². The number of aryl methyl sites for hydroxylation is 1. The molecule has 3 saturated heterocycles. The molecule has 2 aromatic carbocycles. The molecule has 1 aliphatic carbocycles. The zero-order valence-electron chi connectivity index (χ0n) is 32.3. The normalized spacial score (nSPS) is 21.6. The lowest BCUT2D eigenvalue weighted by Gasteiger charge is -2.43. The third kappa shape index (κ3) is 6.21. The van der Waals surface area contributed by atoms with E-state index in [-0.39, 0.29) is 29.3 Å². The lowest BCUT2D eigenvalue weighted by atomic mass is 9.78. The van der Waals surface area contributed by atoms with Gasteiger partial charge in [0, 0.05) is 99.6 Å². The van der Waals surface area contributed by atoms with Crippen molar-refractivity contribution in [3.63, 3.8) is 0 Å². The number of aromatic amines is 1. The van der Waals surface area contributed by atoms with Crippen molar-refractivity contribution >= 4 is 40.1 Å². The molecular formula is C43H48N10O4. The number of amides is 3. The second-order valence-electron chi connectivity index (χ2n) is 16.5. The van der Waals surface area contributed by atoms with Crippen LogP contribution in [0.2, 0.25) is 0 Å². The Hall–Kier alpha value is -5.76. The molecular weight excluding hydrogens is 721 g/mol. The van der Waals surface area contributed by atoms with Crippen molar-refractivity contribution in [1.29, 1.82) is 0 Å². The van der Waals surface area contributed by atoms with Gasteiger partial charge in [0.15, 0.2) is 5.82 Å². The smallest absolute Gasteiger partial charge is 0.329 e. The third-order valence-electron chi connectivity index (χ3n) is 13.4. The number of piperazine rings is 1. The molecule has 1 saturated carbocycles. The molecule has 3 amide bonds. The number of imide groups is 1. The first kappa shape index (κ1) is 35.6. The van der Waals surface area contributed by atoms with Crippen molar-refractivity contribution in [1.82, 2.24) is 39.6 Å². The number of anilines is 2. The lowest BCUT2D eigenvalue weighted by molar-refractivity contribution is -0.135. The van der Waals surface area contributed by atoms with Crippen LogP contribution < -0.4 is 26.1 Å². The van der Waals surface area contributed by atoms with Crippen LogP contribution in [0.3, 0.4) is 0 Å². The van der Waals surface area contributed by atoms with E-state index in [1.807, 2.05) is 18.2 Å². The number of fused-ring (bicyclic) bond motifs is 3. The third-order valence-corrected chi connectivity index (χ3v) is 13.4. The summed E-state index contributed by atoms with van der Waals surface area (Å²) in [6.07, 6.45) is 9.05. The van der Waals surface area contributed by atoms with Crippen molar-refractivity contribution in [3.8, 4) is 22.8 Å². The molecule has 1 atom stereocenters. The summed E-state index contributed by atoms with van der Waals surface area (Å²) in [5, 5.41) is 5.51. The maximum atomic E-state index is 13.3. The summed E-state index contributed by atoms with van der Waals surface area (Å²) in [7, 11) is 1.74. The topological polar surface area (TPSA) is 153 Å². The Morgan fingerprint density at radius 3 is 2.28 bits per heavy atom. The molecule has 5 aliphatic rings.